The van der Waals surface area contributed by atoms with Crippen LogP contribution < -0.4 is 19.5 Å². The third-order valence-electron chi connectivity index (χ3n) is 3.45. The number of hydrogen-bond acceptors (Lipinski definition) is 5. The van der Waals surface area contributed by atoms with Crippen molar-refractivity contribution in [3.05, 3.63) is 60.7 Å². The zero-order valence-corrected chi connectivity index (χ0v) is 15.3. The van der Waals surface area contributed by atoms with E-state index in [0.29, 0.717) is 23.7 Å². The Labute approximate surface area is 152 Å². The zero-order chi connectivity index (χ0) is 19.2. The number of ether oxygens (including phenoxy) is 2. The summed E-state index contributed by atoms with van der Waals surface area (Å²) in [6, 6.07) is 10.4. The summed E-state index contributed by atoms with van der Waals surface area (Å²) in [5.41, 5.74) is 0.547. The predicted octanol–water partition coefficient (Wildman–Crippen LogP) is 2.42. The van der Waals surface area contributed by atoms with Gasteiger partial charge in [0.15, 0.2) is 11.5 Å². The molecule has 0 unspecified atom stereocenters. The van der Waals surface area contributed by atoms with Gasteiger partial charge in [-0.3, -0.25) is 9.52 Å². The molecular weight excluding hydrogens is 356 g/mol. The predicted molar refractivity (Wildman–Crippen MR) is 99.3 cm³/mol. The van der Waals surface area contributed by atoms with Crippen molar-refractivity contribution in [2.24, 2.45) is 0 Å². The van der Waals surface area contributed by atoms with Gasteiger partial charge in [-0.05, 0) is 30.3 Å². The summed E-state index contributed by atoms with van der Waals surface area (Å²) >= 11 is 0. The molecule has 0 bridgehead atoms. The summed E-state index contributed by atoms with van der Waals surface area (Å²) in [6.45, 7) is 3.81. The van der Waals surface area contributed by atoms with E-state index in [0.717, 1.165) is 0 Å². The number of anilines is 1. The van der Waals surface area contributed by atoms with Crippen molar-refractivity contribution in [3.8, 4) is 11.5 Å². The minimum atomic E-state index is -3.88. The van der Waals surface area contributed by atoms with Crippen LogP contribution in [0.1, 0.15) is 10.4 Å². The molecule has 0 aliphatic rings. The number of amides is 1. The summed E-state index contributed by atoms with van der Waals surface area (Å²) in [6.07, 6.45) is 1.54. The molecular formula is C18H20N2O5S. The molecule has 0 saturated heterocycles. The Morgan fingerprint density at radius 3 is 2.50 bits per heavy atom. The molecule has 26 heavy (non-hydrogen) atoms. The van der Waals surface area contributed by atoms with Crippen LogP contribution in [-0.2, 0) is 10.0 Å². The van der Waals surface area contributed by atoms with Gasteiger partial charge in [0, 0.05) is 18.2 Å². The van der Waals surface area contributed by atoms with Gasteiger partial charge in [-0.1, -0.05) is 12.1 Å². The zero-order valence-electron chi connectivity index (χ0n) is 14.5. The van der Waals surface area contributed by atoms with E-state index < -0.39 is 10.0 Å². The summed E-state index contributed by atoms with van der Waals surface area (Å²) in [4.78, 5) is 12.0. The van der Waals surface area contributed by atoms with E-state index in [2.05, 4.69) is 16.6 Å². The highest BCUT2D eigenvalue weighted by molar-refractivity contribution is 7.92. The molecule has 0 saturated carbocycles. The Hall–Kier alpha value is -3.00. The first-order chi connectivity index (χ1) is 12.4. The van der Waals surface area contributed by atoms with Crippen LogP contribution in [0, 0.1) is 0 Å². The van der Waals surface area contributed by atoms with Gasteiger partial charge in [0.2, 0.25) is 0 Å². The SMILES string of the molecule is C=CCNC(=O)c1cccc(S(=O)(=O)Nc2ccc(OC)c(OC)c2)c1. The van der Waals surface area contributed by atoms with Gasteiger partial charge in [0.1, 0.15) is 0 Å². The van der Waals surface area contributed by atoms with Gasteiger partial charge in [0.05, 0.1) is 24.8 Å². The van der Waals surface area contributed by atoms with Gasteiger partial charge < -0.3 is 14.8 Å². The Morgan fingerprint density at radius 2 is 1.85 bits per heavy atom. The Kier molecular flexibility index (Phi) is 6.24. The van der Waals surface area contributed by atoms with E-state index in [1.54, 1.807) is 12.1 Å². The Morgan fingerprint density at radius 1 is 1.12 bits per heavy atom. The first-order valence-corrected chi connectivity index (χ1v) is 9.13. The third kappa shape index (κ3) is 4.54. The molecule has 2 rings (SSSR count). The molecule has 2 aromatic rings. The summed E-state index contributed by atoms with van der Waals surface area (Å²) < 4.78 is 38.0. The largest absolute Gasteiger partial charge is 0.493 e. The number of nitrogens with one attached hydrogen (secondary N) is 2. The van der Waals surface area contributed by atoms with Crippen molar-refractivity contribution in [1.82, 2.24) is 5.32 Å². The number of carbonyl (C=O) groups is 1. The Balaban J connectivity index is 2.28. The highest BCUT2D eigenvalue weighted by atomic mass is 32.2. The smallest absolute Gasteiger partial charge is 0.261 e. The fourth-order valence-electron chi connectivity index (χ4n) is 2.19. The first kappa shape index (κ1) is 19.3. The van der Waals surface area contributed by atoms with E-state index in [1.165, 1.54) is 50.6 Å². The maximum absolute atomic E-state index is 12.6. The van der Waals surface area contributed by atoms with Gasteiger partial charge in [-0.15, -0.1) is 6.58 Å². The van der Waals surface area contributed by atoms with Crippen molar-refractivity contribution < 1.29 is 22.7 Å². The van der Waals surface area contributed by atoms with Gasteiger partial charge >= 0.3 is 0 Å². The molecule has 1 amide bonds. The average Bonchev–Trinajstić information content (AvgIpc) is 2.65. The number of carbonyl (C=O) groups excluding carboxylic acids is 1. The Bertz CT molecular complexity index is 910. The maximum atomic E-state index is 12.6. The van der Waals surface area contributed by atoms with E-state index in [4.69, 9.17) is 9.47 Å². The van der Waals surface area contributed by atoms with Crippen molar-refractivity contribution in [2.75, 3.05) is 25.5 Å². The van der Waals surface area contributed by atoms with Crippen molar-refractivity contribution in [1.29, 1.82) is 0 Å². The molecule has 0 spiro atoms. The van der Waals surface area contributed by atoms with E-state index >= 15 is 0 Å². The van der Waals surface area contributed by atoms with Crippen LogP contribution in [0.25, 0.3) is 0 Å². The van der Waals surface area contributed by atoms with E-state index in [-0.39, 0.29) is 16.4 Å². The van der Waals surface area contributed by atoms with Gasteiger partial charge in [-0.2, -0.15) is 0 Å². The molecule has 7 nitrogen and oxygen atoms in total. The number of methoxy groups -OCH3 is 2. The van der Waals surface area contributed by atoms with Crippen LogP contribution in [0.5, 0.6) is 11.5 Å². The molecule has 138 valence electrons. The summed E-state index contributed by atoms with van der Waals surface area (Å²) in [5, 5.41) is 2.60. The highest BCUT2D eigenvalue weighted by Gasteiger charge is 2.17. The van der Waals surface area contributed by atoms with Gasteiger partial charge in [0.25, 0.3) is 15.9 Å². The van der Waals surface area contributed by atoms with Gasteiger partial charge in [-0.25, -0.2) is 8.42 Å². The first-order valence-electron chi connectivity index (χ1n) is 7.65. The number of hydrogen-bond donors (Lipinski definition) is 2. The molecule has 0 aliphatic carbocycles. The summed E-state index contributed by atoms with van der Waals surface area (Å²) in [5.74, 6) is 0.495. The minimum Gasteiger partial charge on any atom is -0.493 e. The van der Waals surface area contributed by atoms with Crippen LogP contribution >= 0.6 is 0 Å². The molecule has 2 N–H and O–H groups in total. The molecule has 0 heterocycles. The molecule has 0 radical (unpaired) electrons. The molecule has 0 fully saturated rings. The second-order valence-corrected chi connectivity index (χ2v) is 6.88. The van der Waals surface area contributed by atoms with Crippen molar-refractivity contribution >= 4 is 21.6 Å². The van der Waals surface area contributed by atoms with Crippen LogP contribution in [-0.4, -0.2) is 35.1 Å². The molecule has 0 aromatic heterocycles. The second-order valence-electron chi connectivity index (χ2n) is 5.20. The fraction of sp³-hybridized carbons (Fsp3) is 0.167. The quantitative estimate of drug-likeness (QED) is 0.690. The lowest BCUT2D eigenvalue weighted by atomic mass is 10.2. The average molecular weight is 376 g/mol. The van der Waals surface area contributed by atoms with Crippen LogP contribution in [0.4, 0.5) is 5.69 Å². The molecule has 0 atom stereocenters. The van der Waals surface area contributed by atoms with E-state index in [1.807, 2.05) is 0 Å². The van der Waals surface area contributed by atoms with E-state index in [9.17, 15) is 13.2 Å². The highest BCUT2D eigenvalue weighted by Crippen LogP contribution is 2.30. The normalized spacial score (nSPS) is 10.7. The second kappa shape index (κ2) is 8.39. The topological polar surface area (TPSA) is 93.7 Å². The lowest BCUT2D eigenvalue weighted by Crippen LogP contribution is -2.23. The van der Waals surface area contributed by atoms with Crippen molar-refractivity contribution in [3.63, 3.8) is 0 Å². The number of rotatable bonds is 8. The van der Waals surface area contributed by atoms with Crippen LogP contribution in [0.3, 0.4) is 0 Å². The van der Waals surface area contributed by atoms with Crippen LogP contribution in [0.2, 0.25) is 0 Å². The summed E-state index contributed by atoms with van der Waals surface area (Å²) in [7, 11) is -0.930. The number of sulfonamides is 1. The monoisotopic (exact) mass is 376 g/mol. The molecule has 8 heteroatoms. The molecule has 0 aliphatic heterocycles. The van der Waals surface area contributed by atoms with Crippen LogP contribution in [0.15, 0.2) is 60.0 Å². The minimum absolute atomic E-state index is 0.0291. The lowest BCUT2D eigenvalue weighted by molar-refractivity contribution is 0.0958. The number of benzene rings is 2. The fourth-order valence-corrected chi connectivity index (χ4v) is 3.28. The lowest BCUT2D eigenvalue weighted by Gasteiger charge is -2.12. The van der Waals surface area contributed by atoms with Crippen molar-refractivity contribution in [2.45, 2.75) is 4.90 Å². The third-order valence-corrected chi connectivity index (χ3v) is 4.83. The standard InChI is InChI=1S/C18H20N2O5S/c1-4-10-19-18(21)13-6-5-7-15(11-13)26(22,23)20-14-8-9-16(24-2)17(12-14)25-3/h4-9,11-12,20H,1,10H2,2-3H3,(H,19,21). The molecule has 2 aromatic carbocycles. The maximum Gasteiger partial charge on any atom is 0.261 e.